The van der Waals surface area contributed by atoms with Crippen LogP contribution in [0.5, 0.6) is 11.5 Å². The van der Waals surface area contributed by atoms with Crippen molar-refractivity contribution < 1.29 is 9.47 Å². The summed E-state index contributed by atoms with van der Waals surface area (Å²) in [6, 6.07) is 18.0. The SMILES string of the molecule is CCOc1cc(/C=C(\C#N)c2ccc(Cl)cc2)cc(Cl)c1OCc1ccc(Cl)c(Cl)c1. The molecule has 3 aromatic carbocycles. The molecule has 0 aromatic heterocycles. The molecular formula is C24H17Cl4NO2. The highest BCUT2D eigenvalue weighted by Crippen LogP contribution is 2.38. The van der Waals surface area contributed by atoms with Crippen molar-refractivity contribution in [3.63, 3.8) is 0 Å². The molecule has 3 aromatic rings. The van der Waals surface area contributed by atoms with Crippen LogP contribution in [-0.2, 0) is 6.61 Å². The zero-order valence-electron chi connectivity index (χ0n) is 16.5. The molecule has 0 spiro atoms. The molecule has 0 fully saturated rings. The number of allylic oxidation sites excluding steroid dienone is 1. The van der Waals surface area contributed by atoms with Crippen molar-refractivity contribution in [1.82, 2.24) is 0 Å². The van der Waals surface area contributed by atoms with E-state index in [9.17, 15) is 5.26 Å². The van der Waals surface area contributed by atoms with Crippen LogP contribution in [-0.4, -0.2) is 6.61 Å². The lowest BCUT2D eigenvalue weighted by Crippen LogP contribution is -2.01. The number of nitrogens with zero attached hydrogens (tertiary/aromatic N) is 1. The Hall–Kier alpha value is -2.35. The Labute approximate surface area is 201 Å². The standard InChI is InChI=1S/C24H17Cl4NO2/c1-2-30-23-12-16(9-18(13-29)17-4-6-19(25)7-5-17)11-22(28)24(23)31-14-15-3-8-20(26)21(27)10-15/h3-12H,2,14H2,1H3/b18-9+. The highest BCUT2D eigenvalue weighted by molar-refractivity contribution is 6.42. The molecule has 0 saturated carbocycles. The van der Waals surface area contributed by atoms with Gasteiger partial charge in [0.25, 0.3) is 0 Å². The summed E-state index contributed by atoms with van der Waals surface area (Å²) >= 11 is 24.5. The smallest absolute Gasteiger partial charge is 0.180 e. The fraction of sp³-hybridized carbons (Fsp3) is 0.125. The summed E-state index contributed by atoms with van der Waals surface area (Å²) in [5.41, 5.74) is 2.77. The van der Waals surface area contributed by atoms with Crippen molar-refractivity contribution in [2.24, 2.45) is 0 Å². The van der Waals surface area contributed by atoms with Gasteiger partial charge in [-0.3, -0.25) is 0 Å². The maximum atomic E-state index is 9.60. The predicted octanol–water partition coefficient (Wildman–Crippen LogP) is 8.34. The van der Waals surface area contributed by atoms with Gasteiger partial charge in [0, 0.05) is 5.02 Å². The summed E-state index contributed by atoms with van der Waals surface area (Å²) in [6.07, 6.45) is 1.74. The predicted molar refractivity (Wildman–Crippen MR) is 128 cm³/mol. The molecule has 0 saturated heterocycles. The van der Waals surface area contributed by atoms with E-state index in [2.05, 4.69) is 6.07 Å². The van der Waals surface area contributed by atoms with E-state index in [4.69, 9.17) is 55.9 Å². The fourth-order valence-electron chi connectivity index (χ4n) is 2.84. The Morgan fingerprint density at radius 3 is 2.29 bits per heavy atom. The lowest BCUT2D eigenvalue weighted by atomic mass is 10.0. The highest BCUT2D eigenvalue weighted by atomic mass is 35.5. The van der Waals surface area contributed by atoms with Crippen LogP contribution < -0.4 is 9.47 Å². The van der Waals surface area contributed by atoms with E-state index >= 15 is 0 Å². The average Bonchev–Trinajstić information content (AvgIpc) is 2.75. The summed E-state index contributed by atoms with van der Waals surface area (Å²) in [4.78, 5) is 0. The molecule has 0 aliphatic carbocycles. The van der Waals surface area contributed by atoms with E-state index in [1.54, 1.807) is 54.6 Å². The van der Waals surface area contributed by atoms with Crippen LogP contribution in [0.4, 0.5) is 0 Å². The number of halogens is 4. The topological polar surface area (TPSA) is 42.2 Å². The molecule has 0 N–H and O–H groups in total. The maximum Gasteiger partial charge on any atom is 0.180 e. The molecule has 0 aliphatic rings. The zero-order chi connectivity index (χ0) is 22.4. The van der Waals surface area contributed by atoms with Gasteiger partial charge in [0.2, 0.25) is 0 Å². The van der Waals surface area contributed by atoms with Crippen molar-refractivity contribution >= 4 is 58.1 Å². The van der Waals surface area contributed by atoms with Crippen LogP contribution in [0.25, 0.3) is 11.6 Å². The van der Waals surface area contributed by atoms with Crippen LogP contribution in [0.3, 0.4) is 0 Å². The molecule has 3 nitrogen and oxygen atoms in total. The second kappa shape index (κ2) is 10.8. The number of benzene rings is 3. The van der Waals surface area contributed by atoms with Gasteiger partial charge in [0.1, 0.15) is 6.61 Å². The fourth-order valence-corrected chi connectivity index (χ4v) is 3.56. The normalized spacial score (nSPS) is 11.2. The minimum absolute atomic E-state index is 0.236. The van der Waals surface area contributed by atoms with Crippen LogP contribution >= 0.6 is 46.4 Å². The van der Waals surface area contributed by atoms with Gasteiger partial charge in [-0.15, -0.1) is 0 Å². The van der Waals surface area contributed by atoms with Crippen molar-refractivity contribution in [2.75, 3.05) is 6.61 Å². The van der Waals surface area contributed by atoms with Crippen LogP contribution in [0, 0.1) is 11.3 Å². The van der Waals surface area contributed by atoms with Crippen molar-refractivity contribution in [3.8, 4) is 17.6 Å². The first kappa shape index (κ1) is 23.3. The second-order valence-corrected chi connectivity index (χ2v) is 8.13. The number of hydrogen-bond acceptors (Lipinski definition) is 3. The van der Waals surface area contributed by atoms with Gasteiger partial charge in [-0.05, 0) is 66.1 Å². The van der Waals surface area contributed by atoms with E-state index in [0.717, 1.165) is 11.1 Å². The minimum Gasteiger partial charge on any atom is -0.490 e. The Balaban J connectivity index is 1.91. The van der Waals surface area contributed by atoms with E-state index in [1.165, 1.54) is 0 Å². The molecule has 0 atom stereocenters. The van der Waals surface area contributed by atoms with Crippen LogP contribution in [0.1, 0.15) is 23.6 Å². The third kappa shape index (κ3) is 6.09. The van der Waals surface area contributed by atoms with Crippen LogP contribution in [0.15, 0.2) is 54.6 Å². The Morgan fingerprint density at radius 1 is 0.903 bits per heavy atom. The Kier molecular flexibility index (Phi) is 8.12. The zero-order valence-corrected chi connectivity index (χ0v) is 19.5. The maximum absolute atomic E-state index is 9.60. The van der Waals surface area contributed by atoms with Gasteiger partial charge >= 0.3 is 0 Å². The summed E-state index contributed by atoms with van der Waals surface area (Å²) in [7, 11) is 0. The molecule has 0 heterocycles. The van der Waals surface area contributed by atoms with Crippen molar-refractivity contribution in [2.45, 2.75) is 13.5 Å². The molecule has 31 heavy (non-hydrogen) atoms. The van der Waals surface area contributed by atoms with Crippen LogP contribution in [0.2, 0.25) is 20.1 Å². The molecule has 7 heteroatoms. The summed E-state index contributed by atoms with van der Waals surface area (Å²) in [5, 5.41) is 11.5. The molecule has 158 valence electrons. The third-order valence-electron chi connectivity index (χ3n) is 4.29. The second-order valence-electron chi connectivity index (χ2n) is 6.48. The molecule has 3 rings (SSSR count). The highest BCUT2D eigenvalue weighted by Gasteiger charge is 2.14. The van der Waals surface area contributed by atoms with Gasteiger partial charge in [-0.1, -0.05) is 64.6 Å². The minimum atomic E-state index is 0.236. The molecule has 0 bridgehead atoms. The molecule has 0 radical (unpaired) electrons. The van der Waals surface area contributed by atoms with Gasteiger partial charge in [0.05, 0.1) is 33.3 Å². The Bertz CT molecular complexity index is 1150. The van der Waals surface area contributed by atoms with E-state index in [-0.39, 0.29) is 6.61 Å². The van der Waals surface area contributed by atoms with Crippen molar-refractivity contribution in [3.05, 3.63) is 91.4 Å². The summed E-state index contributed by atoms with van der Waals surface area (Å²) < 4.78 is 11.7. The lowest BCUT2D eigenvalue weighted by molar-refractivity contribution is 0.269. The van der Waals surface area contributed by atoms with Gasteiger partial charge < -0.3 is 9.47 Å². The molecular weight excluding hydrogens is 476 g/mol. The first-order valence-electron chi connectivity index (χ1n) is 9.32. The lowest BCUT2D eigenvalue weighted by Gasteiger charge is -2.15. The molecule has 0 amide bonds. The summed E-state index contributed by atoms with van der Waals surface area (Å²) in [6.45, 7) is 2.53. The van der Waals surface area contributed by atoms with E-state index in [1.807, 2.05) is 13.0 Å². The Morgan fingerprint density at radius 2 is 1.65 bits per heavy atom. The van der Waals surface area contributed by atoms with Crippen molar-refractivity contribution in [1.29, 1.82) is 5.26 Å². The number of rotatable bonds is 7. The molecule has 0 unspecified atom stereocenters. The quantitative estimate of drug-likeness (QED) is 0.246. The van der Waals surface area contributed by atoms with E-state index < -0.39 is 0 Å². The molecule has 0 aliphatic heterocycles. The summed E-state index contributed by atoms with van der Waals surface area (Å²) in [5.74, 6) is 0.895. The van der Waals surface area contributed by atoms with E-state index in [0.29, 0.717) is 49.3 Å². The third-order valence-corrected chi connectivity index (χ3v) is 5.56. The first-order valence-corrected chi connectivity index (χ1v) is 10.8. The number of hydrogen-bond donors (Lipinski definition) is 0. The van der Waals surface area contributed by atoms with Gasteiger partial charge in [-0.25, -0.2) is 0 Å². The largest absolute Gasteiger partial charge is 0.490 e. The number of ether oxygens (including phenoxy) is 2. The monoisotopic (exact) mass is 491 g/mol. The van der Waals surface area contributed by atoms with Gasteiger partial charge in [-0.2, -0.15) is 5.26 Å². The average molecular weight is 493 g/mol. The number of nitriles is 1. The van der Waals surface area contributed by atoms with Gasteiger partial charge in [0.15, 0.2) is 11.5 Å². The first-order chi connectivity index (χ1) is 14.9.